The predicted molar refractivity (Wildman–Crippen MR) is 70.1 cm³/mol. The number of carboxylic acid groups (broad SMARTS) is 1. The topological polar surface area (TPSA) is 57.5 Å². The Morgan fingerprint density at radius 2 is 2.11 bits per heavy atom. The van der Waals surface area contributed by atoms with E-state index >= 15 is 0 Å². The molecular formula is C15H16O3. The van der Waals surface area contributed by atoms with Crippen LogP contribution < -0.4 is 0 Å². The average Bonchev–Trinajstić information content (AvgIpc) is 2.39. The lowest BCUT2D eigenvalue weighted by Gasteiger charge is -2.22. The molecule has 0 aliphatic heterocycles. The molecule has 2 N–H and O–H groups in total. The van der Waals surface area contributed by atoms with E-state index in [0.717, 1.165) is 17.6 Å². The van der Waals surface area contributed by atoms with Crippen molar-refractivity contribution < 1.29 is 15.0 Å². The molecule has 1 aliphatic rings. The zero-order valence-electron chi connectivity index (χ0n) is 10.3. The standard InChI is InChI=1S/C15H16O3/c1-2-11-5-3-4-6-13(11)12-7-9-15(18,10-8-12)14(16)17/h3-9,18H,2,10H2,1H3,(H,16,17). The Morgan fingerprint density at radius 3 is 2.67 bits per heavy atom. The third-order valence-corrected chi connectivity index (χ3v) is 3.25. The summed E-state index contributed by atoms with van der Waals surface area (Å²) in [4.78, 5) is 10.9. The van der Waals surface area contributed by atoms with Crippen molar-refractivity contribution in [1.82, 2.24) is 0 Å². The summed E-state index contributed by atoms with van der Waals surface area (Å²) in [6, 6.07) is 8.02. The number of aryl methyl sites for hydroxylation is 1. The van der Waals surface area contributed by atoms with Crippen LogP contribution in [0.15, 0.2) is 42.5 Å². The van der Waals surface area contributed by atoms with E-state index in [1.54, 1.807) is 12.2 Å². The minimum atomic E-state index is -1.76. The van der Waals surface area contributed by atoms with Crippen LogP contribution in [-0.4, -0.2) is 21.8 Å². The first-order valence-electron chi connectivity index (χ1n) is 6.00. The Kier molecular flexibility index (Phi) is 3.34. The molecule has 1 unspecified atom stereocenters. The number of benzene rings is 1. The molecule has 0 aromatic heterocycles. The van der Waals surface area contributed by atoms with Crippen molar-refractivity contribution in [1.29, 1.82) is 0 Å². The molecule has 0 saturated carbocycles. The van der Waals surface area contributed by atoms with E-state index in [-0.39, 0.29) is 6.42 Å². The average molecular weight is 244 g/mol. The lowest BCUT2D eigenvalue weighted by molar-refractivity contribution is -0.153. The second-order valence-corrected chi connectivity index (χ2v) is 4.44. The van der Waals surface area contributed by atoms with Gasteiger partial charge in [0.05, 0.1) is 0 Å². The van der Waals surface area contributed by atoms with Crippen LogP contribution in [0, 0.1) is 0 Å². The van der Waals surface area contributed by atoms with Crippen LogP contribution in [0.25, 0.3) is 5.57 Å². The Morgan fingerprint density at radius 1 is 1.39 bits per heavy atom. The molecule has 0 spiro atoms. The number of aliphatic carboxylic acids is 1. The normalized spacial score (nSPS) is 22.7. The molecule has 1 atom stereocenters. The van der Waals surface area contributed by atoms with E-state index in [4.69, 9.17) is 5.11 Å². The summed E-state index contributed by atoms with van der Waals surface area (Å²) in [6.07, 6.45) is 5.85. The second kappa shape index (κ2) is 4.78. The smallest absolute Gasteiger partial charge is 0.340 e. The van der Waals surface area contributed by atoms with Crippen LogP contribution in [0.3, 0.4) is 0 Å². The van der Waals surface area contributed by atoms with Crippen molar-refractivity contribution in [2.24, 2.45) is 0 Å². The Balaban J connectivity index is 2.31. The van der Waals surface area contributed by atoms with Crippen LogP contribution in [-0.2, 0) is 11.2 Å². The number of hydrogen-bond acceptors (Lipinski definition) is 2. The van der Waals surface area contributed by atoms with E-state index < -0.39 is 11.6 Å². The number of aliphatic hydroxyl groups is 1. The number of carboxylic acids is 1. The Hall–Kier alpha value is -1.87. The molecule has 2 rings (SSSR count). The first-order valence-corrected chi connectivity index (χ1v) is 6.00. The highest BCUT2D eigenvalue weighted by Gasteiger charge is 2.33. The fourth-order valence-electron chi connectivity index (χ4n) is 2.10. The van der Waals surface area contributed by atoms with Gasteiger partial charge in [0.2, 0.25) is 0 Å². The summed E-state index contributed by atoms with van der Waals surface area (Å²) in [5.41, 5.74) is 1.53. The lowest BCUT2D eigenvalue weighted by Crippen LogP contribution is -2.36. The molecule has 3 heteroatoms. The van der Waals surface area contributed by atoms with E-state index in [1.807, 2.05) is 18.2 Å². The van der Waals surface area contributed by atoms with Crippen molar-refractivity contribution in [3.8, 4) is 0 Å². The van der Waals surface area contributed by atoms with Gasteiger partial charge in [-0.3, -0.25) is 0 Å². The molecule has 0 radical (unpaired) electrons. The van der Waals surface area contributed by atoms with E-state index in [2.05, 4.69) is 13.0 Å². The maximum atomic E-state index is 10.9. The van der Waals surface area contributed by atoms with Crippen LogP contribution in [0.2, 0.25) is 0 Å². The number of carbonyl (C=O) groups is 1. The van der Waals surface area contributed by atoms with Gasteiger partial charge >= 0.3 is 5.97 Å². The molecule has 0 amide bonds. The molecule has 0 heterocycles. The molecule has 1 aliphatic carbocycles. The Bertz CT molecular complexity index is 528. The van der Waals surface area contributed by atoms with Crippen molar-refractivity contribution in [3.05, 3.63) is 53.6 Å². The molecule has 1 aromatic carbocycles. The van der Waals surface area contributed by atoms with E-state index in [1.165, 1.54) is 11.6 Å². The fraction of sp³-hybridized carbons (Fsp3) is 0.267. The highest BCUT2D eigenvalue weighted by Crippen LogP contribution is 2.29. The molecular weight excluding hydrogens is 228 g/mol. The predicted octanol–water partition coefficient (Wildman–Crippen LogP) is 2.41. The Labute approximate surface area is 106 Å². The lowest BCUT2D eigenvalue weighted by atomic mass is 9.88. The van der Waals surface area contributed by atoms with Crippen molar-refractivity contribution in [2.75, 3.05) is 0 Å². The molecule has 1 aromatic rings. The number of rotatable bonds is 3. The molecule has 3 nitrogen and oxygen atoms in total. The van der Waals surface area contributed by atoms with Gasteiger partial charge in [-0.25, -0.2) is 4.79 Å². The summed E-state index contributed by atoms with van der Waals surface area (Å²) in [5.74, 6) is -1.21. The summed E-state index contributed by atoms with van der Waals surface area (Å²) in [7, 11) is 0. The van der Waals surface area contributed by atoms with Gasteiger partial charge in [0.15, 0.2) is 5.60 Å². The molecule has 18 heavy (non-hydrogen) atoms. The molecule has 94 valence electrons. The second-order valence-electron chi connectivity index (χ2n) is 4.44. The van der Waals surface area contributed by atoms with Gasteiger partial charge in [0.25, 0.3) is 0 Å². The summed E-state index contributed by atoms with van der Waals surface area (Å²) in [6.45, 7) is 2.08. The first kappa shape index (κ1) is 12.6. The third kappa shape index (κ3) is 2.22. The third-order valence-electron chi connectivity index (χ3n) is 3.25. The largest absolute Gasteiger partial charge is 0.479 e. The van der Waals surface area contributed by atoms with Gasteiger partial charge in [-0.05, 0) is 29.2 Å². The van der Waals surface area contributed by atoms with Gasteiger partial charge in [0, 0.05) is 6.42 Å². The summed E-state index contributed by atoms with van der Waals surface area (Å²) in [5, 5.41) is 18.7. The van der Waals surface area contributed by atoms with Crippen LogP contribution in [0.1, 0.15) is 24.5 Å². The highest BCUT2D eigenvalue weighted by molar-refractivity contribution is 5.85. The van der Waals surface area contributed by atoms with Gasteiger partial charge in [-0.2, -0.15) is 0 Å². The van der Waals surface area contributed by atoms with Gasteiger partial charge in [-0.1, -0.05) is 43.3 Å². The maximum absolute atomic E-state index is 10.9. The quantitative estimate of drug-likeness (QED) is 0.858. The van der Waals surface area contributed by atoms with E-state index in [0.29, 0.717) is 0 Å². The fourth-order valence-corrected chi connectivity index (χ4v) is 2.10. The SMILES string of the molecule is CCc1ccccc1C1=CCC(O)(C(=O)O)C=C1. The van der Waals surface area contributed by atoms with Crippen LogP contribution in [0.5, 0.6) is 0 Å². The zero-order valence-corrected chi connectivity index (χ0v) is 10.3. The van der Waals surface area contributed by atoms with Gasteiger partial charge in [0.1, 0.15) is 0 Å². The number of allylic oxidation sites excluding steroid dienone is 2. The van der Waals surface area contributed by atoms with E-state index in [9.17, 15) is 9.90 Å². The monoisotopic (exact) mass is 244 g/mol. The van der Waals surface area contributed by atoms with Crippen molar-refractivity contribution in [2.45, 2.75) is 25.4 Å². The minimum Gasteiger partial charge on any atom is -0.479 e. The minimum absolute atomic E-state index is 0.103. The molecule has 0 saturated heterocycles. The van der Waals surface area contributed by atoms with Crippen LogP contribution >= 0.6 is 0 Å². The number of hydrogen-bond donors (Lipinski definition) is 2. The van der Waals surface area contributed by atoms with Crippen LogP contribution in [0.4, 0.5) is 0 Å². The zero-order chi connectivity index (χ0) is 13.2. The molecule has 0 bridgehead atoms. The maximum Gasteiger partial charge on any atom is 0.340 e. The van der Waals surface area contributed by atoms with Gasteiger partial charge < -0.3 is 10.2 Å². The molecule has 0 fully saturated rings. The van der Waals surface area contributed by atoms with Gasteiger partial charge in [-0.15, -0.1) is 0 Å². The van der Waals surface area contributed by atoms with Crippen molar-refractivity contribution in [3.63, 3.8) is 0 Å². The first-order chi connectivity index (χ1) is 8.57. The van der Waals surface area contributed by atoms with Crippen molar-refractivity contribution >= 4 is 11.5 Å². The highest BCUT2D eigenvalue weighted by atomic mass is 16.4. The summed E-state index contributed by atoms with van der Waals surface area (Å²) < 4.78 is 0. The summed E-state index contributed by atoms with van der Waals surface area (Å²) >= 11 is 0.